The third-order valence-electron chi connectivity index (χ3n) is 2.55. The van der Waals surface area contributed by atoms with Crippen LogP contribution in [0.3, 0.4) is 0 Å². The van der Waals surface area contributed by atoms with Gasteiger partial charge in [0.2, 0.25) is 5.88 Å². The van der Waals surface area contributed by atoms with Crippen LogP contribution in [-0.4, -0.2) is 9.38 Å². The fourth-order valence-electron chi connectivity index (χ4n) is 1.68. The Labute approximate surface area is 135 Å². The molecule has 0 saturated heterocycles. The summed E-state index contributed by atoms with van der Waals surface area (Å²) in [4.78, 5) is 5.36. The third-order valence-corrected chi connectivity index (χ3v) is 4.63. The van der Waals surface area contributed by atoms with Crippen LogP contribution in [0.5, 0.6) is 11.6 Å². The lowest BCUT2D eigenvalue weighted by molar-refractivity contribution is 0.462. The van der Waals surface area contributed by atoms with E-state index in [0.29, 0.717) is 22.0 Å². The summed E-state index contributed by atoms with van der Waals surface area (Å²) in [5.41, 5.74) is 0.968. The zero-order valence-corrected chi connectivity index (χ0v) is 14.2. The van der Waals surface area contributed by atoms with Crippen molar-refractivity contribution in [1.82, 2.24) is 9.38 Å². The Balaban J connectivity index is 2.02. The van der Waals surface area contributed by atoms with Crippen molar-refractivity contribution in [2.45, 2.75) is 5.33 Å². The molecule has 3 aromatic rings. The van der Waals surface area contributed by atoms with E-state index in [0.717, 1.165) is 15.1 Å². The van der Waals surface area contributed by atoms with E-state index in [9.17, 15) is 0 Å². The minimum Gasteiger partial charge on any atom is -0.436 e. The lowest BCUT2D eigenvalue weighted by Gasteiger charge is -2.06. The number of thiazole rings is 1. The van der Waals surface area contributed by atoms with Gasteiger partial charge in [-0.1, -0.05) is 43.5 Å². The first-order chi connectivity index (χ1) is 9.19. The van der Waals surface area contributed by atoms with E-state index in [4.69, 9.17) is 16.3 Å². The van der Waals surface area contributed by atoms with Crippen LogP contribution < -0.4 is 4.74 Å². The highest BCUT2D eigenvalue weighted by Crippen LogP contribution is 2.34. The number of benzene rings is 1. The van der Waals surface area contributed by atoms with E-state index >= 15 is 0 Å². The molecule has 0 aliphatic rings. The van der Waals surface area contributed by atoms with Gasteiger partial charge < -0.3 is 4.74 Å². The summed E-state index contributed by atoms with van der Waals surface area (Å²) in [6.07, 6.45) is 1.97. The molecule has 0 spiro atoms. The molecule has 98 valence electrons. The molecule has 3 nitrogen and oxygen atoms in total. The molecule has 0 aliphatic heterocycles. The Morgan fingerprint density at radius 1 is 1.42 bits per heavy atom. The number of alkyl halides is 1. The number of fused-ring (bicyclic) bond motifs is 1. The molecule has 7 heteroatoms. The van der Waals surface area contributed by atoms with Crippen LogP contribution in [0, 0.1) is 0 Å². The number of hydrogen-bond acceptors (Lipinski definition) is 3. The van der Waals surface area contributed by atoms with Gasteiger partial charge in [-0.3, -0.25) is 4.40 Å². The summed E-state index contributed by atoms with van der Waals surface area (Å²) in [7, 11) is 0. The van der Waals surface area contributed by atoms with Crippen molar-refractivity contribution < 1.29 is 4.74 Å². The molecule has 0 fully saturated rings. The minimum absolute atomic E-state index is 0.547. The van der Waals surface area contributed by atoms with E-state index in [1.54, 1.807) is 17.4 Å². The average molecular weight is 423 g/mol. The van der Waals surface area contributed by atoms with Gasteiger partial charge in [0, 0.05) is 21.4 Å². The molecule has 0 bridgehead atoms. The standard InChI is InChI=1S/C12H7Br2ClN2OS/c13-6-9-11(16-12-17(9)3-4-19-12)18-10-2-1-7(14)5-8(10)15/h1-5H,6H2. The molecular weight excluding hydrogens is 415 g/mol. The highest BCUT2D eigenvalue weighted by Gasteiger charge is 2.15. The fraction of sp³-hybridized carbons (Fsp3) is 0.0833. The molecule has 0 atom stereocenters. The van der Waals surface area contributed by atoms with Crippen molar-refractivity contribution in [3.8, 4) is 11.6 Å². The van der Waals surface area contributed by atoms with Crippen molar-refractivity contribution in [2.75, 3.05) is 0 Å². The number of rotatable bonds is 3. The topological polar surface area (TPSA) is 26.5 Å². The molecule has 0 radical (unpaired) electrons. The van der Waals surface area contributed by atoms with Gasteiger partial charge in [0.1, 0.15) is 5.75 Å². The summed E-state index contributed by atoms with van der Waals surface area (Å²) in [5, 5.41) is 3.20. The van der Waals surface area contributed by atoms with Gasteiger partial charge in [-0.05, 0) is 18.2 Å². The maximum Gasteiger partial charge on any atom is 0.243 e. The van der Waals surface area contributed by atoms with E-state index in [1.165, 1.54) is 0 Å². The molecular formula is C12H7Br2ClN2OS. The number of imidazole rings is 1. The van der Waals surface area contributed by atoms with E-state index in [-0.39, 0.29) is 0 Å². The molecule has 19 heavy (non-hydrogen) atoms. The Hall–Kier alpha value is -0.560. The normalized spacial score (nSPS) is 11.1. The largest absolute Gasteiger partial charge is 0.436 e. The summed E-state index contributed by atoms with van der Waals surface area (Å²) < 4.78 is 8.74. The number of aromatic nitrogens is 2. The van der Waals surface area contributed by atoms with Gasteiger partial charge in [0.25, 0.3) is 0 Å². The van der Waals surface area contributed by atoms with Crippen LogP contribution in [0.2, 0.25) is 5.02 Å². The van der Waals surface area contributed by atoms with Crippen LogP contribution in [0.15, 0.2) is 34.2 Å². The summed E-state index contributed by atoms with van der Waals surface area (Å²) in [6.45, 7) is 0. The molecule has 2 heterocycles. The maximum absolute atomic E-state index is 6.15. The van der Waals surface area contributed by atoms with Crippen LogP contribution in [0.4, 0.5) is 0 Å². The summed E-state index contributed by atoms with van der Waals surface area (Å²) >= 11 is 14.5. The van der Waals surface area contributed by atoms with Crippen molar-refractivity contribution >= 4 is 59.8 Å². The lowest BCUT2D eigenvalue weighted by Crippen LogP contribution is -1.91. The fourth-order valence-corrected chi connectivity index (χ4v) is 3.62. The smallest absolute Gasteiger partial charge is 0.243 e. The highest BCUT2D eigenvalue weighted by molar-refractivity contribution is 9.10. The van der Waals surface area contributed by atoms with Crippen LogP contribution >= 0.6 is 54.8 Å². The summed E-state index contributed by atoms with van der Waals surface area (Å²) in [5.74, 6) is 1.17. The Morgan fingerprint density at radius 2 is 2.26 bits per heavy atom. The van der Waals surface area contributed by atoms with Gasteiger partial charge >= 0.3 is 0 Å². The number of halogens is 3. The first-order valence-electron chi connectivity index (χ1n) is 5.32. The number of hydrogen-bond donors (Lipinski definition) is 0. The molecule has 1 aromatic carbocycles. The zero-order chi connectivity index (χ0) is 13.4. The van der Waals surface area contributed by atoms with Crippen molar-refractivity contribution in [1.29, 1.82) is 0 Å². The third kappa shape index (κ3) is 2.54. The predicted octanol–water partition coefficient (Wildman–Crippen LogP) is 5.50. The summed E-state index contributed by atoms with van der Waals surface area (Å²) in [6, 6.07) is 5.49. The van der Waals surface area contributed by atoms with E-state index in [1.807, 2.05) is 28.1 Å². The molecule has 0 aliphatic carbocycles. The number of ether oxygens (including phenoxy) is 1. The van der Waals surface area contributed by atoms with Crippen molar-refractivity contribution in [2.24, 2.45) is 0 Å². The quantitative estimate of drug-likeness (QED) is 0.521. The molecule has 3 rings (SSSR count). The molecule has 0 amide bonds. The Bertz CT molecular complexity index is 740. The molecule has 2 aromatic heterocycles. The monoisotopic (exact) mass is 420 g/mol. The maximum atomic E-state index is 6.15. The minimum atomic E-state index is 0.547. The Kier molecular flexibility index (Phi) is 3.84. The molecule has 0 saturated carbocycles. The SMILES string of the molecule is Clc1cc(Br)ccc1Oc1nc2sccn2c1CBr. The zero-order valence-electron chi connectivity index (χ0n) is 9.44. The molecule has 0 N–H and O–H groups in total. The predicted molar refractivity (Wildman–Crippen MR) is 84.9 cm³/mol. The van der Waals surface area contributed by atoms with Gasteiger partial charge in [0.15, 0.2) is 4.96 Å². The average Bonchev–Trinajstić information content (AvgIpc) is 2.92. The van der Waals surface area contributed by atoms with E-state index < -0.39 is 0 Å². The van der Waals surface area contributed by atoms with Gasteiger partial charge in [0.05, 0.1) is 10.7 Å². The second-order valence-corrected chi connectivity index (χ2v) is 6.49. The second kappa shape index (κ2) is 5.44. The van der Waals surface area contributed by atoms with Gasteiger partial charge in [-0.2, -0.15) is 4.98 Å². The van der Waals surface area contributed by atoms with Crippen LogP contribution in [0.1, 0.15) is 5.69 Å². The van der Waals surface area contributed by atoms with Gasteiger partial charge in [-0.25, -0.2) is 0 Å². The van der Waals surface area contributed by atoms with E-state index in [2.05, 4.69) is 36.8 Å². The van der Waals surface area contributed by atoms with Crippen LogP contribution in [0.25, 0.3) is 4.96 Å². The first kappa shape index (κ1) is 13.4. The van der Waals surface area contributed by atoms with Crippen molar-refractivity contribution in [3.05, 3.63) is 45.0 Å². The molecule has 0 unspecified atom stereocenters. The first-order valence-corrected chi connectivity index (χ1v) is 8.49. The lowest BCUT2D eigenvalue weighted by atomic mass is 10.3. The second-order valence-electron chi connectivity index (χ2n) is 3.73. The van der Waals surface area contributed by atoms with Crippen molar-refractivity contribution in [3.63, 3.8) is 0 Å². The van der Waals surface area contributed by atoms with Crippen LogP contribution in [-0.2, 0) is 5.33 Å². The highest BCUT2D eigenvalue weighted by atomic mass is 79.9. The number of nitrogens with zero attached hydrogens (tertiary/aromatic N) is 2. The van der Waals surface area contributed by atoms with Gasteiger partial charge in [-0.15, -0.1) is 11.3 Å². The Morgan fingerprint density at radius 3 is 3.00 bits per heavy atom.